The summed E-state index contributed by atoms with van der Waals surface area (Å²) in [7, 11) is 0. The largest absolute Gasteiger partial charge is 0.304 e. The minimum Gasteiger partial charge on any atom is -0.304 e. The Kier molecular flexibility index (Phi) is 3.13. The zero-order chi connectivity index (χ0) is 12.3. The number of carbonyl (C=O) groups excluding carboxylic acids is 1. The molecule has 2 heterocycles. The summed E-state index contributed by atoms with van der Waals surface area (Å²) in [6.45, 7) is 3.86. The molecule has 6 nitrogen and oxygen atoms in total. The summed E-state index contributed by atoms with van der Waals surface area (Å²) >= 11 is 0. The highest BCUT2D eigenvalue weighted by molar-refractivity contribution is 6.00. The van der Waals surface area contributed by atoms with Crippen molar-refractivity contribution in [3.63, 3.8) is 0 Å². The van der Waals surface area contributed by atoms with Gasteiger partial charge in [0.2, 0.25) is 5.82 Å². The number of anilines is 1. The lowest BCUT2D eigenvalue weighted by atomic mass is 10.3. The Morgan fingerprint density at radius 1 is 1.53 bits per heavy atom. The number of aryl methyl sites for hydroxylation is 2. The van der Waals surface area contributed by atoms with Crippen LogP contribution in [0.2, 0.25) is 0 Å². The third-order valence-electron chi connectivity index (χ3n) is 2.23. The van der Waals surface area contributed by atoms with Crippen LogP contribution < -0.4 is 5.32 Å². The summed E-state index contributed by atoms with van der Waals surface area (Å²) in [5, 5.41) is 9.16. The molecular formula is C11H13N5O. The monoisotopic (exact) mass is 231 g/mol. The molecular weight excluding hydrogens is 218 g/mol. The maximum atomic E-state index is 11.8. The maximum absolute atomic E-state index is 11.8. The van der Waals surface area contributed by atoms with Gasteiger partial charge in [-0.3, -0.25) is 9.89 Å². The number of pyridine rings is 1. The molecule has 0 fully saturated rings. The van der Waals surface area contributed by atoms with Gasteiger partial charge in [0.1, 0.15) is 11.6 Å². The first-order chi connectivity index (χ1) is 8.19. The van der Waals surface area contributed by atoms with Gasteiger partial charge in [-0.2, -0.15) is 0 Å². The number of nitrogens with zero attached hydrogens (tertiary/aromatic N) is 3. The van der Waals surface area contributed by atoms with Crippen LogP contribution in [0.25, 0.3) is 0 Å². The number of amides is 1. The SMILES string of the molecule is CCc1nc(C(=O)Nc2cc(C)ccn2)n[nH]1. The van der Waals surface area contributed by atoms with Crippen LogP contribution in [0.5, 0.6) is 0 Å². The van der Waals surface area contributed by atoms with E-state index in [1.54, 1.807) is 12.3 Å². The first-order valence-electron chi connectivity index (χ1n) is 5.34. The molecule has 0 bridgehead atoms. The molecule has 0 aliphatic heterocycles. The van der Waals surface area contributed by atoms with E-state index in [4.69, 9.17) is 0 Å². The van der Waals surface area contributed by atoms with Crippen molar-refractivity contribution in [3.05, 3.63) is 35.5 Å². The summed E-state index contributed by atoms with van der Waals surface area (Å²) < 4.78 is 0. The van der Waals surface area contributed by atoms with Crippen molar-refractivity contribution in [1.29, 1.82) is 0 Å². The smallest absolute Gasteiger partial charge is 0.296 e. The number of hydrogen-bond acceptors (Lipinski definition) is 4. The topological polar surface area (TPSA) is 83.6 Å². The van der Waals surface area contributed by atoms with E-state index in [1.165, 1.54) is 0 Å². The molecule has 2 N–H and O–H groups in total. The van der Waals surface area contributed by atoms with Gasteiger partial charge in [0.05, 0.1) is 0 Å². The van der Waals surface area contributed by atoms with E-state index >= 15 is 0 Å². The number of H-pyrrole nitrogens is 1. The molecule has 0 unspecified atom stereocenters. The van der Waals surface area contributed by atoms with Crippen LogP contribution in [0.1, 0.15) is 28.9 Å². The summed E-state index contributed by atoms with van der Waals surface area (Å²) in [6.07, 6.45) is 2.35. The lowest BCUT2D eigenvalue weighted by molar-refractivity contribution is 0.101. The molecule has 0 radical (unpaired) electrons. The van der Waals surface area contributed by atoms with Crippen LogP contribution in [0, 0.1) is 6.92 Å². The minimum absolute atomic E-state index is 0.130. The summed E-state index contributed by atoms with van der Waals surface area (Å²) in [6, 6.07) is 3.64. The number of aromatic nitrogens is 4. The predicted octanol–water partition coefficient (Wildman–Crippen LogP) is 1.32. The van der Waals surface area contributed by atoms with Crippen LogP contribution in [-0.4, -0.2) is 26.1 Å². The molecule has 0 aromatic carbocycles. The Labute approximate surface area is 98.5 Å². The number of carbonyl (C=O) groups is 1. The first-order valence-corrected chi connectivity index (χ1v) is 5.34. The normalized spacial score (nSPS) is 10.2. The highest BCUT2D eigenvalue weighted by Crippen LogP contribution is 2.06. The molecule has 88 valence electrons. The molecule has 2 aromatic heterocycles. The van der Waals surface area contributed by atoms with Crippen LogP contribution in [0.4, 0.5) is 5.82 Å². The molecule has 2 aromatic rings. The summed E-state index contributed by atoms with van der Waals surface area (Å²) in [5.41, 5.74) is 1.03. The van der Waals surface area contributed by atoms with E-state index in [0.29, 0.717) is 18.1 Å². The van der Waals surface area contributed by atoms with Gasteiger partial charge in [0.25, 0.3) is 5.91 Å². The van der Waals surface area contributed by atoms with Crippen LogP contribution in [0.3, 0.4) is 0 Å². The van der Waals surface area contributed by atoms with Gasteiger partial charge >= 0.3 is 0 Å². The number of hydrogen-bond donors (Lipinski definition) is 2. The summed E-state index contributed by atoms with van der Waals surface area (Å²) in [5.74, 6) is 0.953. The second-order valence-electron chi connectivity index (χ2n) is 3.63. The standard InChI is InChI=1S/C11H13N5O/c1-3-8-13-10(16-15-8)11(17)14-9-6-7(2)4-5-12-9/h4-6H,3H2,1-2H3,(H,12,14,17)(H,13,15,16). The third kappa shape index (κ3) is 2.66. The van der Waals surface area contributed by atoms with Crippen molar-refractivity contribution >= 4 is 11.7 Å². The van der Waals surface area contributed by atoms with Gasteiger partial charge in [-0.15, -0.1) is 5.10 Å². The zero-order valence-corrected chi connectivity index (χ0v) is 9.69. The lowest BCUT2D eigenvalue weighted by Crippen LogP contribution is -2.14. The van der Waals surface area contributed by atoms with Gasteiger partial charge in [-0.05, 0) is 24.6 Å². The average molecular weight is 231 g/mol. The van der Waals surface area contributed by atoms with Crippen molar-refractivity contribution in [2.45, 2.75) is 20.3 Å². The Morgan fingerprint density at radius 2 is 2.35 bits per heavy atom. The van der Waals surface area contributed by atoms with Crippen LogP contribution in [-0.2, 0) is 6.42 Å². The fourth-order valence-corrected chi connectivity index (χ4v) is 1.33. The quantitative estimate of drug-likeness (QED) is 0.834. The van der Waals surface area contributed by atoms with Crippen molar-refractivity contribution in [2.75, 3.05) is 5.32 Å². The van der Waals surface area contributed by atoms with Crippen molar-refractivity contribution in [3.8, 4) is 0 Å². The van der Waals surface area contributed by atoms with Gasteiger partial charge < -0.3 is 5.32 Å². The molecule has 0 spiro atoms. The van der Waals surface area contributed by atoms with E-state index < -0.39 is 0 Å². The Hall–Kier alpha value is -2.24. The van der Waals surface area contributed by atoms with Crippen LogP contribution in [0.15, 0.2) is 18.3 Å². The van der Waals surface area contributed by atoms with E-state index in [-0.39, 0.29) is 11.7 Å². The molecule has 1 amide bonds. The average Bonchev–Trinajstić information content (AvgIpc) is 2.77. The Balaban J connectivity index is 2.11. The number of rotatable bonds is 3. The van der Waals surface area contributed by atoms with Gasteiger partial charge in [-0.25, -0.2) is 9.97 Å². The fraction of sp³-hybridized carbons (Fsp3) is 0.273. The van der Waals surface area contributed by atoms with Gasteiger partial charge in [0.15, 0.2) is 0 Å². The molecule has 6 heteroatoms. The second kappa shape index (κ2) is 4.73. The number of aromatic amines is 1. The molecule has 0 aliphatic carbocycles. The molecule has 0 saturated heterocycles. The Morgan fingerprint density at radius 3 is 3.00 bits per heavy atom. The van der Waals surface area contributed by atoms with Gasteiger partial charge in [0, 0.05) is 12.6 Å². The Bertz CT molecular complexity index is 534. The summed E-state index contributed by atoms with van der Waals surface area (Å²) in [4.78, 5) is 19.8. The van der Waals surface area contributed by atoms with Gasteiger partial charge in [-0.1, -0.05) is 6.92 Å². The fourth-order valence-electron chi connectivity index (χ4n) is 1.33. The van der Waals surface area contributed by atoms with E-state index in [9.17, 15) is 4.79 Å². The molecule has 0 atom stereocenters. The van der Waals surface area contributed by atoms with E-state index in [1.807, 2.05) is 19.9 Å². The van der Waals surface area contributed by atoms with E-state index in [2.05, 4.69) is 25.5 Å². The van der Waals surface area contributed by atoms with E-state index in [0.717, 1.165) is 5.56 Å². The second-order valence-corrected chi connectivity index (χ2v) is 3.63. The highest BCUT2D eigenvalue weighted by Gasteiger charge is 2.12. The third-order valence-corrected chi connectivity index (χ3v) is 2.23. The number of nitrogens with one attached hydrogen (secondary N) is 2. The van der Waals surface area contributed by atoms with Crippen molar-refractivity contribution in [1.82, 2.24) is 20.2 Å². The zero-order valence-electron chi connectivity index (χ0n) is 9.69. The molecule has 17 heavy (non-hydrogen) atoms. The van der Waals surface area contributed by atoms with Crippen molar-refractivity contribution in [2.24, 2.45) is 0 Å². The van der Waals surface area contributed by atoms with Crippen LogP contribution >= 0.6 is 0 Å². The molecule has 2 rings (SSSR count). The minimum atomic E-state index is -0.362. The maximum Gasteiger partial charge on any atom is 0.296 e. The molecule has 0 aliphatic rings. The van der Waals surface area contributed by atoms with Crippen molar-refractivity contribution < 1.29 is 4.79 Å². The first kappa shape index (κ1) is 11.3. The lowest BCUT2D eigenvalue weighted by Gasteiger charge is -2.01. The highest BCUT2D eigenvalue weighted by atomic mass is 16.2. The predicted molar refractivity (Wildman–Crippen MR) is 62.7 cm³/mol. The molecule has 0 saturated carbocycles.